The molecule has 0 bridgehead atoms. The fraction of sp³-hybridized carbons (Fsp3) is 0.769. The fourth-order valence-electron chi connectivity index (χ4n) is 1.66. The second-order valence-corrected chi connectivity index (χ2v) is 5.20. The maximum atomic E-state index is 5.05. The van der Waals surface area contributed by atoms with Crippen molar-refractivity contribution in [3.63, 3.8) is 0 Å². The van der Waals surface area contributed by atoms with Crippen LogP contribution in [-0.4, -0.2) is 54.1 Å². The molecule has 1 N–H and O–H groups in total. The Morgan fingerprint density at radius 2 is 1.90 bits per heavy atom. The van der Waals surface area contributed by atoms with Crippen molar-refractivity contribution in [3.05, 3.63) is 0 Å². The van der Waals surface area contributed by atoms with Crippen LogP contribution in [0.15, 0.2) is 5.16 Å². The van der Waals surface area contributed by atoms with Gasteiger partial charge in [0, 0.05) is 39.1 Å². The third kappa shape index (κ3) is 5.50. The summed E-state index contributed by atoms with van der Waals surface area (Å²) in [7, 11) is 1.72. The Hall–Kier alpha value is -1.08. The highest BCUT2D eigenvalue weighted by molar-refractivity contribution is 7.99. The van der Waals surface area contributed by atoms with Crippen LogP contribution >= 0.6 is 11.8 Å². The molecule has 0 amide bonds. The van der Waals surface area contributed by atoms with Crippen LogP contribution in [0, 0.1) is 0 Å². The van der Waals surface area contributed by atoms with E-state index in [1.165, 1.54) is 0 Å². The van der Waals surface area contributed by atoms with Crippen molar-refractivity contribution in [1.82, 2.24) is 15.0 Å². The molecular formula is C13H25N5OS. The number of nitrogens with one attached hydrogen (secondary N) is 1. The lowest BCUT2D eigenvalue weighted by atomic mass is 10.5. The van der Waals surface area contributed by atoms with E-state index in [1.807, 2.05) is 6.92 Å². The molecular weight excluding hydrogens is 274 g/mol. The minimum Gasteiger partial charge on any atom is -0.385 e. The van der Waals surface area contributed by atoms with Gasteiger partial charge in [-0.05, 0) is 27.2 Å². The maximum absolute atomic E-state index is 5.05. The number of methoxy groups -OCH3 is 1. The van der Waals surface area contributed by atoms with E-state index in [9.17, 15) is 0 Å². The van der Waals surface area contributed by atoms with Crippen molar-refractivity contribution in [2.75, 3.05) is 49.3 Å². The van der Waals surface area contributed by atoms with Gasteiger partial charge in [-0.2, -0.15) is 15.0 Å². The number of thioether (sulfide) groups is 1. The van der Waals surface area contributed by atoms with Gasteiger partial charge in [0.15, 0.2) is 5.16 Å². The monoisotopic (exact) mass is 299 g/mol. The van der Waals surface area contributed by atoms with Crippen molar-refractivity contribution >= 4 is 23.7 Å². The van der Waals surface area contributed by atoms with E-state index in [0.717, 1.165) is 49.5 Å². The third-order valence-corrected chi connectivity index (χ3v) is 3.64. The highest BCUT2D eigenvalue weighted by Crippen LogP contribution is 2.19. The van der Waals surface area contributed by atoms with Gasteiger partial charge in [0.2, 0.25) is 11.9 Å². The first-order chi connectivity index (χ1) is 9.74. The summed E-state index contributed by atoms with van der Waals surface area (Å²) in [5, 5.41) is 3.94. The van der Waals surface area contributed by atoms with Gasteiger partial charge in [-0.1, -0.05) is 11.8 Å². The summed E-state index contributed by atoms with van der Waals surface area (Å²) in [6.07, 6.45) is 0.990. The zero-order chi connectivity index (χ0) is 14.8. The summed E-state index contributed by atoms with van der Waals surface area (Å²) < 4.78 is 5.05. The summed E-state index contributed by atoms with van der Waals surface area (Å²) in [6.45, 7) is 9.58. The second-order valence-electron chi connectivity index (χ2n) is 4.14. The van der Waals surface area contributed by atoms with E-state index in [1.54, 1.807) is 18.9 Å². The molecule has 114 valence electrons. The van der Waals surface area contributed by atoms with E-state index in [-0.39, 0.29) is 0 Å². The van der Waals surface area contributed by atoms with Crippen LogP contribution in [0.2, 0.25) is 0 Å². The van der Waals surface area contributed by atoms with Gasteiger partial charge in [0.05, 0.1) is 0 Å². The Kier molecular flexibility index (Phi) is 8.29. The number of nitrogens with zero attached hydrogens (tertiary/aromatic N) is 4. The fourth-order valence-corrected chi connectivity index (χ4v) is 2.40. The number of hydrogen-bond acceptors (Lipinski definition) is 7. The molecule has 0 aliphatic rings. The smallest absolute Gasteiger partial charge is 0.231 e. The number of rotatable bonds is 10. The first-order valence-corrected chi connectivity index (χ1v) is 8.10. The summed E-state index contributed by atoms with van der Waals surface area (Å²) >= 11 is 1.64. The molecule has 0 saturated heterocycles. The summed E-state index contributed by atoms with van der Waals surface area (Å²) in [5.74, 6) is 2.34. The Morgan fingerprint density at radius 3 is 2.50 bits per heavy atom. The molecule has 0 aliphatic heterocycles. The number of hydrogen-bond donors (Lipinski definition) is 1. The van der Waals surface area contributed by atoms with Gasteiger partial charge in [0.1, 0.15) is 0 Å². The average molecular weight is 299 g/mol. The van der Waals surface area contributed by atoms with Crippen molar-refractivity contribution in [3.8, 4) is 0 Å². The highest BCUT2D eigenvalue weighted by atomic mass is 32.2. The lowest BCUT2D eigenvalue weighted by Crippen LogP contribution is -2.25. The Balaban J connectivity index is 2.80. The van der Waals surface area contributed by atoms with Crippen molar-refractivity contribution in [2.24, 2.45) is 0 Å². The van der Waals surface area contributed by atoms with Crippen LogP contribution in [-0.2, 0) is 4.74 Å². The molecule has 1 heterocycles. The SMILES string of the molecule is CCNc1nc(SCCCOC)nc(N(CC)CC)n1. The molecule has 0 aromatic carbocycles. The van der Waals surface area contributed by atoms with Crippen molar-refractivity contribution < 1.29 is 4.74 Å². The first kappa shape index (κ1) is 17.0. The number of aromatic nitrogens is 3. The number of anilines is 2. The topological polar surface area (TPSA) is 63.2 Å². The lowest BCUT2D eigenvalue weighted by molar-refractivity contribution is 0.200. The van der Waals surface area contributed by atoms with Crippen molar-refractivity contribution in [1.29, 1.82) is 0 Å². The largest absolute Gasteiger partial charge is 0.385 e. The predicted octanol–water partition coefficient (Wildman–Crippen LogP) is 2.28. The molecule has 7 heteroatoms. The van der Waals surface area contributed by atoms with Crippen LogP contribution in [0.25, 0.3) is 0 Å². The molecule has 0 saturated carbocycles. The molecule has 1 rings (SSSR count). The molecule has 20 heavy (non-hydrogen) atoms. The van der Waals surface area contributed by atoms with Crippen LogP contribution in [0.5, 0.6) is 0 Å². The molecule has 0 atom stereocenters. The normalized spacial score (nSPS) is 10.6. The Bertz CT molecular complexity index is 387. The van der Waals surface area contributed by atoms with Gasteiger partial charge < -0.3 is 15.0 Å². The van der Waals surface area contributed by atoms with E-state index < -0.39 is 0 Å². The minimum absolute atomic E-state index is 0.652. The first-order valence-electron chi connectivity index (χ1n) is 7.11. The van der Waals surface area contributed by atoms with E-state index >= 15 is 0 Å². The maximum Gasteiger partial charge on any atom is 0.231 e. The quantitative estimate of drug-likeness (QED) is 0.525. The van der Waals surface area contributed by atoms with Crippen molar-refractivity contribution in [2.45, 2.75) is 32.3 Å². The van der Waals surface area contributed by atoms with Gasteiger partial charge in [0.25, 0.3) is 0 Å². The molecule has 6 nitrogen and oxygen atoms in total. The lowest BCUT2D eigenvalue weighted by Gasteiger charge is -2.19. The summed E-state index contributed by atoms with van der Waals surface area (Å²) in [5.41, 5.74) is 0. The summed E-state index contributed by atoms with van der Waals surface area (Å²) in [6, 6.07) is 0. The van der Waals surface area contributed by atoms with Gasteiger partial charge in [-0.3, -0.25) is 0 Å². The molecule has 0 spiro atoms. The van der Waals surface area contributed by atoms with Gasteiger partial charge in [-0.15, -0.1) is 0 Å². The molecule has 0 radical (unpaired) electrons. The highest BCUT2D eigenvalue weighted by Gasteiger charge is 2.11. The third-order valence-electron chi connectivity index (χ3n) is 2.71. The van der Waals surface area contributed by atoms with Gasteiger partial charge in [-0.25, -0.2) is 0 Å². The average Bonchev–Trinajstić information content (AvgIpc) is 2.45. The summed E-state index contributed by atoms with van der Waals surface area (Å²) in [4.78, 5) is 15.6. The minimum atomic E-state index is 0.652. The van der Waals surface area contributed by atoms with E-state index in [0.29, 0.717) is 5.95 Å². The molecule has 1 aromatic heterocycles. The van der Waals surface area contributed by atoms with E-state index in [2.05, 4.69) is 39.0 Å². The van der Waals surface area contributed by atoms with Gasteiger partial charge >= 0.3 is 0 Å². The predicted molar refractivity (Wildman–Crippen MR) is 84.8 cm³/mol. The van der Waals surface area contributed by atoms with Crippen LogP contribution in [0.4, 0.5) is 11.9 Å². The Morgan fingerprint density at radius 1 is 1.15 bits per heavy atom. The van der Waals surface area contributed by atoms with Crippen LogP contribution in [0.3, 0.4) is 0 Å². The van der Waals surface area contributed by atoms with E-state index in [4.69, 9.17) is 4.74 Å². The zero-order valence-electron chi connectivity index (χ0n) is 12.8. The number of ether oxygens (including phenoxy) is 1. The second kappa shape index (κ2) is 9.77. The molecule has 0 unspecified atom stereocenters. The van der Waals surface area contributed by atoms with Crippen LogP contribution < -0.4 is 10.2 Å². The Labute approximate surface area is 125 Å². The molecule has 0 fully saturated rings. The molecule has 0 aliphatic carbocycles. The standard InChI is InChI=1S/C13H25N5OS/c1-5-14-11-15-12(18(6-2)7-3)17-13(16-11)20-10-8-9-19-4/h5-10H2,1-4H3,(H,14,15,16,17). The van der Waals surface area contributed by atoms with Crippen LogP contribution in [0.1, 0.15) is 27.2 Å². The zero-order valence-corrected chi connectivity index (χ0v) is 13.7. The molecule has 1 aromatic rings.